The second kappa shape index (κ2) is 13.8. The van der Waals surface area contributed by atoms with E-state index in [2.05, 4.69) is 25.3 Å². The fourth-order valence-electron chi connectivity index (χ4n) is 5.32. The first-order chi connectivity index (χ1) is 19.7. The van der Waals surface area contributed by atoms with E-state index in [-0.39, 0.29) is 0 Å². The molecule has 3 unspecified atom stereocenters. The second-order valence-electron chi connectivity index (χ2n) is 10.3. The summed E-state index contributed by atoms with van der Waals surface area (Å²) in [6, 6.07) is -4.06. The van der Waals surface area contributed by atoms with Crippen LogP contribution in [0.15, 0.2) is 15.1 Å². The topological polar surface area (TPSA) is 368 Å². The molecule has 2 heterocycles. The van der Waals surface area contributed by atoms with Crippen LogP contribution in [0.3, 0.4) is 0 Å². The highest BCUT2D eigenvalue weighted by molar-refractivity contribution is 5.76. The summed E-state index contributed by atoms with van der Waals surface area (Å²) in [5.74, 6) is -1.03. The van der Waals surface area contributed by atoms with Gasteiger partial charge in [-0.25, -0.2) is 9.98 Å². The van der Waals surface area contributed by atoms with Crippen molar-refractivity contribution in [2.24, 2.45) is 38.0 Å². The molecule has 21 heteroatoms. The van der Waals surface area contributed by atoms with Crippen molar-refractivity contribution in [3.8, 4) is 0 Å². The van der Waals surface area contributed by atoms with Crippen molar-refractivity contribution in [2.75, 3.05) is 20.2 Å². The quantitative estimate of drug-likeness (QED) is 0.0360. The summed E-state index contributed by atoms with van der Waals surface area (Å²) in [6.45, 7) is 0.0988. The molecule has 0 spiro atoms. The summed E-state index contributed by atoms with van der Waals surface area (Å²) in [6.07, 6.45) is -17.1. The van der Waals surface area contributed by atoms with Gasteiger partial charge in [0.1, 0.15) is 66.5 Å². The van der Waals surface area contributed by atoms with E-state index in [1.54, 1.807) is 0 Å². The molecule has 42 heavy (non-hydrogen) atoms. The standard InChI is InChI=1S/C21H40N10O11/c1-5-21(38,4-28-31-26)16(42-17-9(27-2)13(36)10(33)6(3-32)40-17)18(39-5)41-15-8(30-20(24)25)11(34)7(29-19(22)23)12(35)14(15)37/h5-18,27,32-38H,3-4H2,1-2H3,(H4,22,23,29)(H4,24,25,30)/t5-,6-,7?,8-,9-,10?,11-,12-,13+,14?,15-,16-,17+,18-,21+/m0/s1. The molecule has 0 radical (unpaired) electrons. The predicted molar refractivity (Wildman–Crippen MR) is 141 cm³/mol. The Morgan fingerprint density at radius 2 is 1.52 bits per heavy atom. The number of hydrogen-bond donors (Lipinski definition) is 12. The summed E-state index contributed by atoms with van der Waals surface area (Å²) < 4.78 is 23.4. The van der Waals surface area contributed by atoms with E-state index in [1.807, 2.05) is 0 Å². The zero-order chi connectivity index (χ0) is 31.5. The third kappa shape index (κ3) is 6.63. The molecule has 0 bridgehead atoms. The molecular weight excluding hydrogens is 568 g/mol. The number of aliphatic hydroxyl groups excluding tert-OH is 6. The first kappa shape index (κ1) is 33.9. The average molecular weight is 609 g/mol. The van der Waals surface area contributed by atoms with E-state index in [1.165, 1.54) is 14.0 Å². The highest BCUT2D eigenvalue weighted by Gasteiger charge is 2.60. The molecule has 21 nitrogen and oxygen atoms in total. The minimum atomic E-state index is -2.11. The van der Waals surface area contributed by atoms with E-state index in [0.29, 0.717) is 0 Å². The third-order valence-corrected chi connectivity index (χ3v) is 7.62. The maximum Gasteiger partial charge on any atom is 0.187 e. The van der Waals surface area contributed by atoms with Crippen molar-refractivity contribution in [1.82, 2.24) is 5.32 Å². The SMILES string of the molecule is CN[C@@H]1[C@@H](O[C@H]2[C@H](O[C@@H]3C(O)[C@@H](O)C(N=C(N)N)[C@H](O)[C@@H]3N=C(N)N)O[C@@H](C)[C@]2(O)CN=[N+]=[N-])O[C@@H](CO)C(O)[C@@H]1O. The van der Waals surface area contributed by atoms with Crippen LogP contribution >= 0.6 is 0 Å². The van der Waals surface area contributed by atoms with Gasteiger partial charge >= 0.3 is 0 Å². The lowest BCUT2D eigenvalue weighted by molar-refractivity contribution is -0.316. The molecule has 15 atom stereocenters. The number of likely N-dealkylation sites (N-methyl/N-ethyl adjacent to an activating group) is 1. The maximum absolute atomic E-state index is 11.6. The normalized spacial score (nSPS) is 45.5. The molecular formula is C21H40N10O11. The molecule has 0 amide bonds. The van der Waals surface area contributed by atoms with Crippen molar-refractivity contribution in [1.29, 1.82) is 0 Å². The van der Waals surface area contributed by atoms with Crippen LogP contribution in [0.2, 0.25) is 0 Å². The summed E-state index contributed by atoms with van der Waals surface area (Å²) in [5.41, 5.74) is 28.7. The molecule has 3 rings (SSSR count). The fraction of sp³-hybridized carbons (Fsp3) is 0.905. The Labute approximate surface area is 239 Å². The van der Waals surface area contributed by atoms with Gasteiger partial charge in [0.05, 0.1) is 25.3 Å². The summed E-state index contributed by atoms with van der Waals surface area (Å²) >= 11 is 0. The maximum atomic E-state index is 11.6. The lowest BCUT2D eigenvalue weighted by Crippen LogP contribution is -2.66. The van der Waals surface area contributed by atoms with E-state index in [0.717, 1.165) is 0 Å². The first-order valence-electron chi connectivity index (χ1n) is 12.9. The van der Waals surface area contributed by atoms with E-state index < -0.39 is 116 Å². The van der Waals surface area contributed by atoms with Gasteiger partial charge in [-0.3, -0.25) is 0 Å². The molecule has 2 aliphatic heterocycles. The van der Waals surface area contributed by atoms with E-state index in [9.17, 15) is 35.7 Å². The van der Waals surface area contributed by atoms with Crippen LogP contribution in [-0.2, 0) is 18.9 Å². The summed E-state index contributed by atoms with van der Waals surface area (Å²) in [7, 11) is 1.43. The Morgan fingerprint density at radius 3 is 2.07 bits per heavy atom. The van der Waals surface area contributed by atoms with Crippen LogP contribution in [-0.4, -0.2) is 159 Å². The second-order valence-corrected chi connectivity index (χ2v) is 10.3. The number of aliphatic hydroxyl groups is 7. The molecule has 1 saturated carbocycles. The Morgan fingerprint density at radius 1 is 0.905 bits per heavy atom. The van der Waals surface area contributed by atoms with Gasteiger partial charge in [0.25, 0.3) is 0 Å². The highest BCUT2D eigenvalue weighted by Crippen LogP contribution is 2.39. The van der Waals surface area contributed by atoms with Crippen LogP contribution in [0, 0.1) is 0 Å². The molecule has 1 aliphatic carbocycles. The molecule has 0 aromatic heterocycles. The lowest BCUT2D eigenvalue weighted by Gasteiger charge is -2.45. The fourth-order valence-corrected chi connectivity index (χ4v) is 5.32. The van der Waals surface area contributed by atoms with Crippen molar-refractivity contribution in [3.63, 3.8) is 0 Å². The summed E-state index contributed by atoms with van der Waals surface area (Å²) in [5, 5.41) is 81.0. The van der Waals surface area contributed by atoms with Crippen LogP contribution in [0.4, 0.5) is 0 Å². The highest BCUT2D eigenvalue weighted by atomic mass is 16.8. The van der Waals surface area contributed by atoms with Crippen LogP contribution in [0.25, 0.3) is 10.4 Å². The van der Waals surface area contributed by atoms with Crippen LogP contribution in [0.1, 0.15) is 6.92 Å². The van der Waals surface area contributed by atoms with Crippen molar-refractivity contribution >= 4 is 11.9 Å². The van der Waals surface area contributed by atoms with Gasteiger partial charge < -0.3 is 82.9 Å². The van der Waals surface area contributed by atoms with Crippen molar-refractivity contribution in [3.05, 3.63) is 10.4 Å². The number of aliphatic imine (C=N–C) groups is 2. The molecule has 0 aromatic carbocycles. The van der Waals surface area contributed by atoms with Gasteiger partial charge in [0.2, 0.25) is 0 Å². The molecule has 16 N–H and O–H groups in total. The van der Waals surface area contributed by atoms with Gasteiger partial charge in [-0.15, -0.1) is 0 Å². The lowest BCUT2D eigenvalue weighted by atomic mass is 9.81. The van der Waals surface area contributed by atoms with Gasteiger partial charge in [-0.1, -0.05) is 5.11 Å². The minimum absolute atomic E-state index is 0.502. The Kier molecular flexibility index (Phi) is 11.1. The first-order valence-corrected chi connectivity index (χ1v) is 12.9. The number of azide groups is 1. The molecule has 2 saturated heterocycles. The third-order valence-electron chi connectivity index (χ3n) is 7.62. The zero-order valence-electron chi connectivity index (χ0n) is 22.8. The Bertz CT molecular complexity index is 1030. The number of nitrogens with one attached hydrogen (secondary N) is 1. The smallest absolute Gasteiger partial charge is 0.187 e. The monoisotopic (exact) mass is 608 g/mol. The minimum Gasteiger partial charge on any atom is -0.394 e. The number of hydrogen-bond acceptors (Lipinski definition) is 15. The Hall–Kier alpha value is -2.63. The van der Waals surface area contributed by atoms with Crippen molar-refractivity contribution < 1.29 is 54.7 Å². The average Bonchev–Trinajstić information content (AvgIpc) is 3.16. The van der Waals surface area contributed by atoms with Crippen LogP contribution < -0.4 is 28.3 Å². The molecule has 0 aromatic rings. The molecule has 3 aliphatic rings. The van der Waals surface area contributed by atoms with Gasteiger partial charge in [0.15, 0.2) is 24.5 Å². The van der Waals surface area contributed by atoms with E-state index in [4.69, 9.17) is 47.4 Å². The van der Waals surface area contributed by atoms with E-state index >= 15 is 0 Å². The largest absolute Gasteiger partial charge is 0.394 e. The molecule has 240 valence electrons. The summed E-state index contributed by atoms with van der Waals surface area (Å²) in [4.78, 5) is 10.3. The molecule has 3 fully saturated rings. The van der Waals surface area contributed by atoms with Gasteiger partial charge in [-0.05, 0) is 19.5 Å². The zero-order valence-corrected chi connectivity index (χ0v) is 22.8. The van der Waals surface area contributed by atoms with Crippen LogP contribution in [0.5, 0.6) is 0 Å². The number of nitrogens with zero attached hydrogens (tertiary/aromatic N) is 5. The Balaban J connectivity index is 2.01. The predicted octanol–water partition coefficient (Wildman–Crippen LogP) is -7.05. The number of ether oxygens (including phenoxy) is 4. The van der Waals surface area contributed by atoms with Gasteiger partial charge in [-0.2, -0.15) is 0 Å². The number of guanidine groups is 2. The number of nitrogens with two attached hydrogens (primary N) is 4. The van der Waals surface area contributed by atoms with Crippen molar-refractivity contribution in [2.45, 2.75) is 98.2 Å². The van der Waals surface area contributed by atoms with Gasteiger partial charge in [0, 0.05) is 4.91 Å². The number of rotatable bonds is 10.